The molecule has 2 atom stereocenters. The number of carbonyl (C=O) groups is 1. The van der Waals surface area contributed by atoms with Gasteiger partial charge in [0, 0.05) is 0 Å². The van der Waals surface area contributed by atoms with Crippen LogP contribution in [0.2, 0.25) is 0 Å². The number of rotatable bonds is 5. The number of carbonyl (C=O) groups excluding carboxylic acids is 1. The lowest BCUT2D eigenvalue weighted by Gasteiger charge is -2.34. The third-order valence-electron chi connectivity index (χ3n) is 4.64. The van der Waals surface area contributed by atoms with E-state index in [-0.39, 0.29) is 30.0 Å². The second kappa shape index (κ2) is 7.84. The number of hydrogen-bond donors (Lipinski definition) is 2. The topological polar surface area (TPSA) is 68.8 Å². The van der Waals surface area contributed by atoms with Crippen LogP contribution in [0.25, 0.3) is 0 Å². The lowest BCUT2D eigenvalue weighted by molar-refractivity contribution is -0.000740. The maximum atomic E-state index is 13.2. The predicted molar refractivity (Wildman–Crippen MR) is 96.5 cm³/mol. The summed E-state index contributed by atoms with van der Waals surface area (Å²) in [5, 5.41) is 5.84. The van der Waals surface area contributed by atoms with Gasteiger partial charge in [-0.3, -0.25) is 0 Å². The Bertz CT molecular complexity index is 795. The summed E-state index contributed by atoms with van der Waals surface area (Å²) >= 11 is 0. The summed E-state index contributed by atoms with van der Waals surface area (Å²) in [4.78, 5) is 12.4. The highest BCUT2D eigenvalue weighted by molar-refractivity contribution is 5.74. The number of ether oxygens (including phenoxy) is 3. The van der Waals surface area contributed by atoms with Gasteiger partial charge in [0.1, 0.15) is 12.4 Å². The van der Waals surface area contributed by atoms with E-state index in [2.05, 4.69) is 10.6 Å². The van der Waals surface area contributed by atoms with E-state index in [0.717, 1.165) is 5.56 Å². The SMILES string of the molecule is O=C(NC1COC1)NC(Cc1ccc(F)cc1)C1COc2ccccc2O1. The van der Waals surface area contributed by atoms with Crippen molar-refractivity contribution in [1.29, 1.82) is 0 Å². The zero-order valence-electron chi connectivity index (χ0n) is 14.7. The number of benzene rings is 2. The minimum atomic E-state index is -0.367. The number of urea groups is 1. The zero-order valence-corrected chi connectivity index (χ0v) is 14.7. The molecule has 2 unspecified atom stereocenters. The minimum Gasteiger partial charge on any atom is -0.486 e. The van der Waals surface area contributed by atoms with Crippen molar-refractivity contribution in [2.75, 3.05) is 19.8 Å². The van der Waals surface area contributed by atoms with Gasteiger partial charge in [-0.1, -0.05) is 24.3 Å². The quantitative estimate of drug-likeness (QED) is 0.845. The number of halogens is 1. The van der Waals surface area contributed by atoms with Crippen molar-refractivity contribution in [3.8, 4) is 11.5 Å². The molecule has 2 aliphatic rings. The van der Waals surface area contributed by atoms with E-state index in [1.165, 1.54) is 12.1 Å². The van der Waals surface area contributed by atoms with Gasteiger partial charge in [0.2, 0.25) is 0 Å². The van der Waals surface area contributed by atoms with Gasteiger partial charge >= 0.3 is 6.03 Å². The molecule has 0 bridgehead atoms. The van der Waals surface area contributed by atoms with Crippen LogP contribution < -0.4 is 20.1 Å². The van der Waals surface area contributed by atoms with Crippen LogP contribution in [0, 0.1) is 5.82 Å². The molecule has 0 aromatic heterocycles. The third-order valence-corrected chi connectivity index (χ3v) is 4.64. The van der Waals surface area contributed by atoms with Gasteiger partial charge in [-0.15, -0.1) is 0 Å². The fraction of sp³-hybridized carbons (Fsp3) is 0.350. The Morgan fingerprint density at radius 2 is 1.81 bits per heavy atom. The van der Waals surface area contributed by atoms with Gasteiger partial charge < -0.3 is 24.8 Å². The van der Waals surface area contributed by atoms with E-state index in [9.17, 15) is 9.18 Å². The monoisotopic (exact) mass is 372 g/mol. The number of fused-ring (bicyclic) bond motifs is 1. The molecule has 0 aliphatic carbocycles. The molecule has 1 fully saturated rings. The van der Waals surface area contributed by atoms with E-state index in [1.54, 1.807) is 12.1 Å². The van der Waals surface area contributed by atoms with Crippen LogP contribution in [0.3, 0.4) is 0 Å². The van der Waals surface area contributed by atoms with Gasteiger partial charge in [0.15, 0.2) is 17.6 Å². The van der Waals surface area contributed by atoms with E-state index in [1.807, 2.05) is 24.3 Å². The van der Waals surface area contributed by atoms with Gasteiger partial charge in [0.05, 0.1) is 25.3 Å². The van der Waals surface area contributed by atoms with E-state index in [4.69, 9.17) is 14.2 Å². The molecule has 2 N–H and O–H groups in total. The normalized spacial score (nSPS) is 19.7. The van der Waals surface area contributed by atoms with Crippen LogP contribution in [0.15, 0.2) is 48.5 Å². The molecule has 0 saturated carbocycles. The van der Waals surface area contributed by atoms with Crippen LogP contribution in [0.5, 0.6) is 11.5 Å². The van der Waals surface area contributed by atoms with Crippen LogP contribution in [-0.2, 0) is 11.2 Å². The van der Waals surface area contributed by atoms with Gasteiger partial charge in [-0.2, -0.15) is 0 Å². The Morgan fingerprint density at radius 1 is 1.07 bits per heavy atom. The first kappa shape index (κ1) is 17.6. The Morgan fingerprint density at radius 3 is 2.52 bits per heavy atom. The summed E-state index contributed by atoms with van der Waals surface area (Å²) in [5.41, 5.74) is 0.899. The van der Waals surface area contributed by atoms with Crippen molar-refractivity contribution in [3.63, 3.8) is 0 Å². The number of para-hydroxylation sites is 2. The van der Waals surface area contributed by atoms with E-state index in [0.29, 0.717) is 37.7 Å². The summed E-state index contributed by atoms with van der Waals surface area (Å²) in [6.07, 6.45) is 0.124. The maximum absolute atomic E-state index is 13.2. The third kappa shape index (κ3) is 4.31. The van der Waals surface area contributed by atoms with Crippen molar-refractivity contribution in [3.05, 3.63) is 59.9 Å². The summed E-state index contributed by atoms with van der Waals surface area (Å²) < 4.78 is 30.1. The molecule has 0 radical (unpaired) electrons. The summed E-state index contributed by atoms with van der Waals surface area (Å²) in [6, 6.07) is 13.1. The molecule has 7 heteroatoms. The lowest BCUT2D eigenvalue weighted by atomic mass is 10.0. The van der Waals surface area contributed by atoms with Gasteiger partial charge in [-0.25, -0.2) is 9.18 Å². The first-order chi connectivity index (χ1) is 13.2. The van der Waals surface area contributed by atoms with Crippen LogP contribution >= 0.6 is 0 Å². The number of amides is 2. The fourth-order valence-corrected chi connectivity index (χ4v) is 3.10. The Hall–Kier alpha value is -2.80. The van der Waals surface area contributed by atoms with Crippen LogP contribution in [0.1, 0.15) is 5.56 Å². The van der Waals surface area contributed by atoms with Crippen LogP contribution in [-0.4, -0.2) is 44.0 Å². The highest BCUT2D eigenvalue weighted by atomic mass is 19.1. The van der Waals surface area contributed by atoms with Gasteiger partial charge in [0.25, 0.3) is 0 Å². The van der Waals surface area contributed by atoms with Gasteiger partial charge in [-0.05, 0) is 36.2 Å². The molecule has 1 saturated heterocycles. The van der Waals surface area contributed by atoms with E-state index < -0.39 is 0 Å². The molecule has 4 rings (SSSR count). The molecule has 27 heavy (non-hydrogen) atoms. The highest BCUT2D eigenvalue weighted by Crippen LogP contribution is 2.32. The highest BCUT2D eigenvalue weighted by Gasteiger charge is 2.31. The van der Waals surface area contributed by atoms with Crippen molar-refractivity contribution in [2.24, 2.45) is 0 Å². The minimum absolute atomic E-state index is 0.0284. The largest absolute Gasteiger partial charge is 0.486 e. The second-order valence-electron chi connectivity index (χ2n) is 6.70. The molecule has 2 amide bonds. The summed E-state index contributed by atoms with van der Waals surface area (Å²) in [7, 11) is 0. The Kier molecular flexibility index (Phi) is 5.11. The fourth-order valence-electron chi connectivity index (χ4n) is 3.10. The predicted octanol–water partition coefficient (Wildman–Crippen LogP) is 2.27. The summed E-state index contributed by atoms with van der Waals surface area (Å²) in [6.45, 7) is 1.36. The lowest BCUT2D eigenvalue weighted by Crippen LogP contribution is -2.57. The molecule has 2 heterocycles. The average Bonchev–Trinajstić information content (AvgIpc) is 2.65. The molecular formula is C20H21FN2O4. The van der Waals surface area contributed by atoms with Crippen molar-refractivity contribution < 1.29 is 23.4 Å². The molecular weight excluding hydrogens is 351 g/mol. The Labute approximate surface area is 156 Å². The molecule has 2 aromatic carbocycles. The van der Waals surface area contributed by atoms with Crippen molar-refractivity contribution >= 4 is 6.03 Å². The molecule has 2 aromatic rings. The number of nitrogens with one attached hydrogen (secondary N) is 2. The summed E-state index contributed by atoms with van der Waals surface area (Å²) in [5.74, 6) is 1.04. The molecule has 2 aliphatic heterocycles. The molecule has 142 valence electrons. The van der Waals surface area contributed by atoms with E-state index >= 15 is 0 Å². The Balaban J connectivity index is 1.48. The second-order valence-corrected chi connectivity index (χ2v) is 6.70. The van der Waals surface area contributed by atoms with Crippen molar-refractivity contribution in [1.82, 2.24) is 10.6 Å². The molecule has 0 spiro atoms. The maximum Gasteiger partial charge on any atom is 0.315 e. The zero-order chi connectivity index (χ0) is 18.6. The first-order valence-electron chi connectivity index (χ1n) is 8.95. The molecule has 6 nitrogen and oxygen atoms in total. The standard InChI is InChI=1S/C20H21FN2O4/c21-14-7-5-13(6-8-14)9-16(23-20(24)22-15-10-25-11-15)19-12-26-17-3-1-2-4-18(17)27-19/h1-8,15-16,19H,9-12H2,(H2,22,23,24). The number of hydrogen-bond acceptors (Lipinski definition) is 4. The smallest absolute Gasteiger partial charge is 0.315 e. The first-order valence-corrected chi connectivity index (χ1v) is 8.95. The average molecular weight is 372 g/mol. The van der Waals surface area contributed by atoms with Crippen molar-refractivity contribution in [2.45, 2.75) is 24.6 Å². The van der Waals surface area contributed by atoms with Crippen LogP contribution in [0.4, 0.5) is 9.18 Å².